The third kappa shape index (κ3) is 0.817. The van der Waals surface area contributed by atoms with E-state index >= 15 is 0 Å². The van der Waals surface area contributed by atoms with Crippen LogP contribution < -0.4 is 0 Å². The molecule has 2 heteroatoms. The summed E-state index contributed by atoms with van der Waals surface area (Å²) >= 11 is 0. The van der Waals surface area contributed by atoms with Gasteiger partial charge in [-0.15, -0.1) is 0 Å². The first kappa shape index (κ1) is 5.59. The van der Waals surface area contributed by atoms with Crippen LogP contribution in [0.5, 0.6) is 0 Å². The normalized spacial score (nSPS) is 23.0. The fourth-order valence-corrected chi connectivity index (χ4v) is 0.891. The number of hydrogen-bond donors (Lipinski definition) is 0. The van der Waals surface area contributed by atoms with Gasteiger partial charge < -0.3 is 9.15 Å². The van der Waals surface area contributed by atoms with E-state index in [1.54, 1.807) is 12.5 Å². The van der Waals surface area contributed by atoms with Gasteiger partial charge >= 0.3 is 0 Å². The van der Waals surface area contributed by atoms with Crippen molar-refractivity contribution in [1.82, 2.24) is 0 Å². The molecule has 0 bridgehead atoms. The van der Waals surface area contributed by atoms with Crippen LogP contribution in [0, 0.1) is 6.61 Å². The van der Waals surface area contributed by atoms with E-state index in [1.807, 2.05) is 18.2 Å². The zero-order valence-electron chi connectivity index (χ0n) is 5.28. The standard InChI is InChI=1S/C8H6O2/c1-2-8(10-4-1)7-3-5-9-6-7/h1-5,7H. The Kier molecular flexibility index (Phi) is 1.24. The van der Waals surface area contributed by atoms with Crippen molar-refractivity contribution in [3.63, 3.8) is 0 Å². The van der Waals surface area contributed by atoms with Gasteiger partial charge in [-0.2, -0.15) is 0 Å². The highest BCUT2D eigenvalue weighted by molar-refractivity contribution is 5.17. The van der Waals surface area contributed by atoms with Crippen LogP contribution in [0.4, 0.5) is 0 Å². The first-order chi connectivity index (χ1) is 4.97. The molecule has 1 aliphatic heterocycles. The second-order valence-corrected chi connectivity index (χ2v) is 2.06. The van der Waals surface area contributed by atoms with Gasteiger partial charge in [-0.1, -0.05) is 0 Å². The lowest BCUT2D eigenvalue weighted by Crippen LogP contribution is -1.87. The van der Waals surface area contributed by atoms with Gasteiger partial charge in [-0.25, -0.2) is 0 Å². The Morgan fingerprint density at radius 1 is 1.50 bits per heavy atom. The summed E-state index contributed by atoms with van der Waals surface area (Å²) < 4.78 is 9.91. The molecule has 1 aromatic rings. The minimum Gasteiger partial charge on any atom is -0.485 e. The molecule has 0 N–H and O–H groups in total. The number of ether oxygens (including phenoxy) is 1. The van der Waals surface area contributed by atoms with E-state index in [0.717, 1.165) is 5.76 Å². The minimum absolute atomic E-state index is 0.0787. The van der Waals surface area contributed by atoms with Crippen LogP contribution in [0.1, 0.15) is 11.7 Å². The van der Waals surface area contributed by atoms with Gasteiger partial charge in [0.15, 0.2) is 0 Å². The summed E-state index contributed by atoms with van der Waals surface area (Å²) in [7, 11) is 0. The maximum Gasteiger partial charge on any atom is 0.210 e. The Hall–Kier alpha value is -1.18. The first-order valence-electron chi connectivity index (χ1n) is 3.08. The maximum atomic E-state index is 5.12. The van der Waals surface area contributed by atoms with Gasteiger partial charge in [-0.05, 0) is 18.2 Å². The summed E-state index contributed by atoms with van der Waals surface area (Å²) in [5, 5.41) is 0. The summed E-state index contributed by atoms with van der Waals surface area (Å²) in [4.78, 5) is 0. The van der Waals surface area contributed by atoms with Crippen LogP contribution in [-0.2, 0) is 4.74 Å². The van der Waals surface area contributed by atoms with Crippen molar-refractivity contribution in [3.8, 4) is 0 Å². The molecular formula is C8H6O2. The van der Waals surface area contributed by atoms with E-state index in [4.69, 9.17) is 9.15 Å². The van der Waals surface area contributed by atoms with Gasteiger partial charge in [0.1, 0.15) is 5.76 Å². The second-order valence-electron chi connectivity index (χ2n) is 2.06. The van der Waals surface area contributed by atoms with E-state index in [-0.39, 0.29) is 5.92 Å². The molecule has 0 fully saturated rings. The van der Waals surface area contributed by atoms with E-state index in [0.29, 0.717) is 0 Å². The SMILES string of the molecule is [C]1OC=CC1c1ccco1. The fraction of sp³-hybridized carbons (Fsp3) is 0.125. The lowest BCUT2D eigenvalue weighted by molar-refractivity contribution is 0.336. The molecule has 1 aromatic heterocycles. The van der Waals surface area contributed by atoms with Gasteiger partial charge in [0.25, 0.3) is 0 Å². The highest BCUT2D eigenvalue weighted by Gasteiger charge is 2.16. The second kappa shape index (κ2) is 2.21. The quantitative estimate of drug-likeness (QED) is 0.585. The Morgan fingerprint density at radius 2 is 2.50 bits per heavy atom. The molecule has 0 aromatic carbocycles. The average molecular weight is 134 g/mol. The molecule has 0 saturated heterocycles. The maximum absolute atomic E-state index is 5.12. The van der Waals surface area contributed by atoms with E-state index in [1.165, 1.54) is 0 Å². The van der Waals surface area contributed by atoms with Crippen LogP contribution in [-0.4, -0.2) is 0 Å². The lowest BCUT2D eigenvalue weighted by Gasteiger charge is -1.97. The third-order valence-electron chi connectivity index (χ3n) is 1.38. The van der Waals surface area contributed by atoms with E-state index in [9.17, 15) is 0 Å². The largest absolute Gasteiger partial charge is 0.485 e. The fourth-order valence-electron chi connectivity index (χ4n) is 0.891. The van der Waals surface area contributed by atoms with Crippen LogP contribution in [0.25, 0.3) is 0 Å². The highest BCUT2D eigenvalue weighted by Crippen LogP contribution is 2.25. The van der Waals surface area contributed by atoms with Gasteiger partial charge in [0, 0.05) is 0 Å². The minimum atomic E-state index is 0.0787. The molecule has 2 nitrogen and oxygen atoms in total. The Bertz CT molecular complexity index is 223. The molecule has 2 rings (SSSR count). The third-order valence-corrected chi connectivity index (χ3v) is 1.38. The first-order valence-corrected chi connectivity index (χ1v) is 3.08. The zero-order chi connectivity index (χ0) is 6.81. The molecule has 1 atom stereocenters. The Labute approximate surface area is 59.1 Å². The van der Waals surface area contributed by atoms with Crippen LogP contribution in [0.15, 0.2) is 35.2 Å². The molecule has 0 amide bonds. The molecule has 10 heavy (non-hydrogen) atoms. The van der Waals surface area contributed by atoms with Crippen molar-refractivity contribution in [2.24, 2.45) is 0 Å². The van der Waals surface area contributed by atoms with Gasteiger partial charge in [0.2, 0.25) is 6.61 Å². The van der Waals surface area contributed by atoms with E-state index in [2.05, 4.69) is 6.61 Å². The van der Waals surface area contributed by atoms with Crippen molar-refractivity contribution >= 4 is 0 Å². The Morgan fingerprint density at radius 3 is 3.10 bits per heavy atom. The molecule has 1 aliphatic rings. The predicted octanol–water partition coefficient (Wildman–Crippen LogP) is 1.95. The summed E-state index contributed by atoms with van der Waals surface area (Å²) in [5.41, 5.74) is 0. The van der Waals surface area contributed by atoms with Crippen LogP contribution >= 0.6 is 0 Å². The van der Waals surface area contributed by atoms with Crippen molar-refractivity contribution in [2.45, 2.75) is 5.92 Å². The summed E-state index contributed by atoms with van der Waals surface area (Å²) in [5.74, 6) is 0.948. The molecular weight excluding hydrogens is 128 g/mol. The van der Waals surface area contributed by atoms with Gasteiger partial charge in [0.05, 0.1) is 18.4 Å². The summed E-state index contributed by atoms with van der Waals surface area (Å²) in [6, 6.07) is 3.75. The average Bonchev–Trinajstić information content (AvgIpc) is 2.59. The van der Waals surface area contributed by atoms with Gasteiger partial charge in [-0.3, -0.25) is 0 Å². The Balaban J connectivity index is 2.20. The molecule has 0 spiro atoms. The molecule has 2 radical (unpaired) electrons. The molecule has 1 unspecified atom stereocenters. The van der Waals surface area contributed by atoms with Crippen LogP contribution in [0.3, 0.4) is 0 Å². The monoisotopic (exact) mass is 134 g/mol. The molecule has 0 aliphatic carbocycles. The molecule has 50 valence electrons. The van der Waals surface area contributed by atoms with Crippen molar-refractivity contribution in [2.75, 3.05) is 0 Å². The number of hydrogen-bond acceptors (Lipinski definition) is 2. The summed E-state index contributed by atoms with van der Waals surface area (Å²) in [6.45, 7) is 2.75. The molecule has 0 saturated carbocycles. The molecule has 2 heterocycles. The van der Waals surface area contributed by atoms with Crippen LogP contribution in [0.2, 0.25) is 0 Å². The van der Waals surface area contributed by atoms with Crippen molar-refractivity contribution in [3.05, 3.63) is 43.1 Å². The summed E-state index contributed by atoms with van der Waals surface area (Å²) in [6.07, 6.45) is 5.13. The van der Waals surface area contributed by atoms with Crippen molar-refractivity contribution in [1.29, 1.82) is 0 Å². The number of rotatable bonds is 1. The topological polar surface area (TPSA) is 22.4 Å². The van der Waals surface area contributed by atoms with E-state index < -0.39 is 0 Å². The van der Waals surface area contributed by atoms with Crippen molar-refractivity contribution < 1.29 is 9.15 Å². The predicted molar refractivity (Wildman–Crippen MR) is 34.9 cm³/mol. The smallest absolute Gasteiger partial charge is 0.210 e. The number of furan rings is 1. The zero-order valence-corrected chi connectivity index (χ0v) is 5.28. The lowest BCUT2D eigenvalue weighted by atomic mass is 10.1. The highest BCUT2D eigenvalue weighted by atomic mass is 16.5.